The second kappa shape index (κ2) is 9.75. The first-order chi connectivity index (χ1) is 17.3. The third-order valence-corrected chi connectivity index (χ3v) is 7.61. The zero-order chi connectivity index (χ0) is 25.3. The fourth-order valence-corrected chi connectivity index (χ4v) is 4.96. The van der Waals surface area contributed by atoms with Gasteiger partial charge in [-0.3, -0.25) is 9.29 Å². The second-order valence-electron chi connectivity index (χ2n) is 9.12. The third kappa shape index (κ3) is 5.12. The first-order valence-electron chi connectivity index (χ1n) is 11.8. The van der Waals surface area contributed by atoms with Gasteiger partial charge in [0, 0.05) is 79.8 Å². The van der Waals surface area contributed by atoms with Crippen molar-refractivity contribution in [3.05, 3.63) is 66.7 Å². The summed E-state index contributed by atoms with van der Waals surface area (Å²) in [4.78, 5) is 15.8. The van der Waals surface area contributed by atoms with Crippen LogP contribution in [0.4, 0.5) is 23.0 Å². The van der Waals surface area contributed by atoms with Crippen molar-refractivity contribution in [3.63, 3.8) is 0 Å². The lowest BCUT2D eigenvalue weighted by molar-refractivity contribution is 0.485. The number of rotatable bonds is 7. The number of hydrogen-bond acceptors (Lipinski definition) is 8. The minimum absolute atomic E-state index is 0.417. The number of aromatic nitrogens is 4. The Balaban J connectivity index is 1.36. The second-order valence-corrected chi connectivity index (χ2v) is 11.1. The highest BCUT2D eigenvalue weighted by molar-refractivity contribution is 7.92. The van der Waals surface area contributed by atoms with Crippen molar-refractivity contribution in [2.24, 2.45) is 0 Å². The predicted octanol–water partition coefficient (Wildman–Crippen LogP) is 2.81. The molecule has 4 heterocycles. The quantitative estimate of drug-likeness (QED) is 0.394. The van der Waals surface area contributed by atoms with Crippen LogP contribution in [-0.2, 0) is 16.6 Å². The normalized spacial score (nSPS) is 16.3. The molecule has 0 aliphatic carbocycles. The molecule has 11 heteroatoms. The number of benzene rings is 1. The molecule has 1 atom stereocenters. The van der Waals surface area contributed by atoms with Gasteiger partial charge >= 0.3 is 0 Å². The summed E-state index contributed by atoms with van der Waals surface area (Å²) < 4.78 is 27.4. The molecule has 1 aromatic carbocycles. The smallest absolute Gasteiger partial charge is 0.232 e. The number of nitrogens with one attached hydrogen (secondary N) is 2. The number of sulfonamides is 1. The van der Waals surface area contributed by atoms with Crippen LogP contribution in [-0.4, -0.2) is 66.9 Å². The lowest BCUT2D eigenvalue weighted by Crippen LogP contribution is -2.49. The molecular weight excluding hydrogens is 476 g/mol. The lowest BCUT2D eigenvalue weighted by atomic mass is 10.2. The van der Waals surface area contributed by atoms with Gasteiger partial charge in [0.1, 0.15) is 5.65 Å². The lowest BCUT2D eigenvalue weighted by Gasteiger charge is -2.33. The highest BCUT2D eigenvalue weighted by atomic mass is 32.2. The number of anilines is 4. The molecule has 1 aliphatic heterocycles. The average Bonchev–Trinajstić information content (AvgIpc) is 3.26. The third-order valence-electron chi connectivity index (χ3n) is 6.41. The van der Waals surface area contributed by atoms with E-state index >= 15 is 0 Å². The Labute approximate surface area is 211 Å². The molecule has 188 valence electrons. The molecule has 4 aromatic rings. The summed E-state index contributed by atoms with van der Waals surface area (Å²) in [6.07, 6.45) is 8.16. The Kier molecular flexibility index (Phi) is 6.50. The summed E-state index contributed by atoms with van der Waals surface area (Å²) in [7, 11) is -1.86. The van der Waals surface area contributed by atoms with Crippen LogP contribution in [0, 0.1) is 0 Å². The van der Waals surface area contributed by atoms with Crippen LogP contribution in [0.2, 0.25) is 0 Å². The van der Waals surface area contributed by atoms with Crippen LogP contribution in [0.25, 0.3) is 11.0 Å². The van der Waals surface area contributed by atoms with Gasteiger partial charge in [-0.15, -0.1) is 0 Å². The Morgan fingerprint density at radius 3 is 2.72 bits per heavy atom. The van der Waals surface area contributed by atoms with Gasteiger partial charge in [-0.1, -0.05) is 0 Å². The molecule has 5 rings (SSSR count). The van der Waals surface area contributed by atoms with Crippen molar-refractivity contribution in [2.45, 2.75) is 19.5 Å². The van der Waals surface area contributed by atoms with E-state index < -0.39 is 10.0 Å². The van der Waals surface area contributed by atoms with Gasteiger partial charge in [0.2, 0.25) is 16.0 Å². The van der Waals surface area contributed by atoms with Gasteiger partial charge in [0.15, 0.2) is 0 Å². The number of nitrogens with zero attached hydrogens (tertiary/aromatic N) is 6. The van der Waals surface area contributed by atoms with Crippen LogP contribution >= 0.6 is 0 Å². The Hall–Kier alpha value is -3.70. The average molecular weight is 507 g/mol. The summed E-state index contributed by atoms with van der Waals surface area (Å²) >= 11 is 0. The van der Waals surface area contributed by atoms with E-state index in [0.29, 0.717) is 24.2 Å². The number of hydrogen-bond donors (Lipinski definition) is 2. The van der Waals surface area contributed by atoms with Crippen molar-refractivity contribution in [3.8, 4) is 0 Å². The largest absolute Gasteiger partial charge is 0.369 e. The van der Waals surface area contributed by atoms with Crippen LogP contribution in [0.5, 0.6) is 0 Å². The van der Waals surface area contributed by atoms with Crippen LogP contribution in [0.15, 0.2) is 61.2 Å². The zero-order valence-electron chi connectivity index (χ0n) is 20.6. The fourth-order valence-electron chi connectivity index (χ4n) is 4.42. The van der Waals surface area contributed by atoms with E-state index in [1.54, 1.807) is 31.7 Å². The van der Waals surface area contributed by atoms with Crippen LogP contribution in [0.1, 0.15) is 12.5 Å². The Morgan fingerprint density at radius 2 is 1.97 bits per heavy atom. The van der Waals surface area contributed by atoms with Gasteiger partial charge in [-0.05, 0) is 43.3 Å². The maximum absolute atomic E-state index is 12.1. The molecular formula is C25H30N8O2S. The maximum atomic E-state index is 12.1. The van der Waals surface area contributed by atoms with Gasteiger partial charge in [0.25, 0.3) is 0 Å². The minimum atomic E-state index is -3.40. The number of pyridine rings is 1. The topological polar surface area (TPSA) is 108 Å². The minimum Gasteiger partial charge on any atom is -0.369 e. The van der Waals surface area contributed by atoms with Crippen molar-refractivity contribution >= 4 is 44.1 Å². The van der Waals surface area contributed by atoms with E-state index in [-0.39, 0.29) is 0 Å². The van der Waals surface area contributed by atoms with E-state index in [1.807, 2.05) is 29.0 Å². The molecule has 1 unspecified atom stereocenters. The molecule has 0 amide bonds. The number of fused-ring (bicyclic) bond motifs is 1. The maximum Gasteiger partial charge on any atom is 0.232 e. The van der Waals surface area contributed by atoms with E-state index in [1.165, 1.54) is 16.2 Å². The summed E-state index contributed by atoms with van der Waals surface area (Å²) in [6.45, 7) is 5.58. The molecule has 0 spiro atoms. The molecule has 0 saturated carbocycles. The monoisotopic (exact) mass is 506 g/mol. The fraction of sp³-hybridized carbons (Fsp3) is 0.320. The van der Waals surface area contributed by atoms with Crippen molar-refractivity contribution in [2.75, 3.05) is 47.5 Å². The molecule has 0 radical (unpaired) electrons. The highest BCUT2D eigenvalue weighted by Gasteiger charge is 2.18. The highest BCUT2D eigenvalue weighted by Crippen LogP contribution is 2.25. The van der Waals surface area contributed by atoms with E-state index in [2.05, 4.69) is 44.6 Å². The SMILES string of the molecule is CC1CN(c2ccc(Nc3ncc4ccn(Cc5cnccc5N(C)S(C)(=O)=O)c4n3)cc2)CCN1. The van der Waals surface area contributed by atoms with Crippen molar-refractivity contribution < 1.29 is 8.42 Å². The Bertz CT molecular complexity index is 1470. The molecule has 10 nitrogen and oxygen atoms in total. The summed E-state index contributed by atoms with van der Waals surface area (Å²) in [5.74, 6) is 0.491. The van der Waals surface area contributed by atoms with Gasteiger partial charge in [-0.2, -0.15) is 4.98 Å². The van der Waals surface area contributed by atoms with Crippen LogP contribution < -0.4 is 19.8 Å². The molecule has 1 fully saturated rings. The Morgan fingerprint density at radius 1 is 1.17 bits per heavy atom. The predicted molar refractivity (Wildman–Crippen MR) is 144 cm³/mol. The zero-order valence-corrected chi connectivity index (χ0v) is 21.4. The molecule has 36 heavy (non-hydrogen) atoms. The van der Waals surface area contributed by atoms with Crippen molar-refractivity contribution in [1.29, 1.82) is 0 Å². The first kappa shape index (κ1) is 24.0. The molecule has 3 aromatic heterocycles. The summed E-state index contributed by atoms with van der Waals surface area (Å²) in [5.41, 5.74) is 4.21. The van der Waals surface area contributed by atoms with Crippen LogP contribution in [0.3, 0.4) is 0 Å². The molecule has 0 bridgehead atoms. The van der Waals surface area contributed by atoms with Gasteiger partial charge in [-0.25, -0.2) is 13.4 Å². The van der Waals surface area contributed by atoms with Gasteiger partial charge in [0.05, 0.1) is 18.5 Å². The standard InChI is InChI=1S/C25H30N8O2S/c1-18-16-32(13-11-27-18)22-6-4-21(5-7-22)29-25-28-15-19-9-12-33(24(19)30-25)17-20-14-26-10-8-23(20)31(2)36(3,34)35/h4-10,12,14-15,18,27H,11,13,16-17H2,1-3H3,(H,28,29,30). The van der Waals surface area contributed by atoms with E-state index in [4.69, 9.17) is 4.98 Å². The molecule has 1 saturated heterocycles. The summed E-state index contributed by atoms with van der Waals surface area (Å²) in [6, 6.07) is 12.4. The molecule has 2 N–H and O–H groups in total. The summed E-state index contributed by atoms with van der Waals surface area (Å²) in [5, 5.41) is 7.66. The van der Waals surface area contributed by atoms with E-state index in [9.17, 15) is 8.42 Å². The van der Waals surface area contributed by atoms with E-state index in [0.717, 1.165) is 41.9 Å². The first-order valence-corrected chi connectivity index (χ1v) is 13.7. The molecule has 1 aliphatic rings. The van der Waals surface area contributed by atoms with Gasteiger partial charge < -0.3 is 20.1 Å². The number of piperazine rings is 1. The van der Waals surface area contributed by atoms with Crippen molar-refractivity contribution in [1.82, 2.24) is 24.8 Å².